The van der Waals surface area contributed by atoms with Crippen molar-refractivity contribution in [1.29, 1.82) is 0 Å². The first-order chi connectivity index (χ1) is 9.54. The second-order valence-electron chi connectivity index (χ2n) is 5.65. The molecule has 0 spiro atoms. The number of fused-ring (bicyclic) bond motifs is 1. The molecule has 1 aliphatic carbocycles. The van der Waals surface area contributed by atoms with Crippen molar-refractivity contribution in [1.82, 2.24) is 14.9 Å². The summed E-state index contributed by atoms with van der Waals surface area (Å²) in [6, 6.07) is 3.94. The van der Waals surface area contributed by atoms with Crippen LogP contribution in [0.5, 0.6) is 0 Å². The van der Waals surface area contributed by atoms with Crippen molar-refractivity contribution in [3.63, 3.8) is 0 Å². The summed E-state index contributed by atoms with van der Waals surface area (Å²) >= 11 is 0. The Bertz CT molecular complexity index is 658. The molecule has 20 heavy (non-hydrogen) atoms. The van der Waals surface area contributed by atoms with Crippen LogP contribution in [-0.2, 0) is 11.3 Å². The van der Waals surface area contributed by atoms with Gasteiger partial charge < -0.3 is 15.0 Å². The zero-order chi connectivity index (χ0) is 14.3. The lowest BCUT2D eigenvalue weighted by Crippen LogP contribution is -2.41. The molecule has 0 radical (unpaired) electrons. The highest BCUT2D eigenvalue weighted by Crippen LogP contribution is 2.21. The fourth-order valence-electron chi connectivity index (χ4n) is 2.39. The van der Waals surface area contributed by atoms with Crippen molar-refractivity contribution in [3.8, 4) is 0 Å². The van der Waals surface area contributed by atoms with E-state index < -0.39 is 12.0 Å². The fraction of sp³-hybridized carbons (Fsp3) is 0.467. The van der Waals surface area contributed by atoms with Gasteiger partial charge in [-0.1, -0.05) is 0 Å². The summed E-state index contributed by atoms with van der Waals surface area (Å²) in [7, 11) is 0. The van der Waals surface area contributed by atoms with Crippen LogP contribution in [0.3, 0.4) is 0 Å². The van der Waals surface area contributed by atoms with Gasteiger partial charge in [-0.2, -0.15) is 0 Å². The second kappa shape index (κ2) is 4.90. The molecular weight excluding hydrogens is 254 g/mol. The van der Waals surface area contributed by atoms with E-state index in [1.54, 1.807) is 6.33 Å². The Kier molecular flexibility index (Phi) is 3.22. The number of aryl methyl sites for hydroxylation is 2. The van der Waals surface area contributed by atoms with Crippen molar-refractivity contribution in [2.45, 2.75) is 45.3 Å². The van der Waals surface area contributed by atoms with Gasteiger partial charge >= 0.3 is 5.97 Å². The molecule has 5 heteroatoms. The summed E-state index contributed by atoms with van der Waals surface area (Å²) < 4.78 is 1.93. The molecule has 0 saturated heterocycles. The number of nitrogens with one attached hydrogen (secondary N) is 1. The quantitative estimate of drug-likeness (QED) is 0.872. The Morgan fingerprint density at radius 1 is 1.45 bits per heavy atom. The van der Waals surface area contributed by atoms with E-state index in [1.807, 2.05) is 10.6 Å². The highest BCUT2D eigenvalue weighted by molar-refractivity contribution is 5.78. The zero-order valence-electron chi connectivity index (χ0n) is 11.8. The van der Waals surface area contributed by atoms with E-state index in [9.17, 15) is 9.90 Å². The van der Waals surface area contributed by atoms with Gasteiger partial charge in [0.15, 0.2) is 0 Å². The molecule has 0 aliphatic heterocycles. The third kappa shape index (κ3) is 2.54. The minimum Gasteiger partial charge on any atom is -0.480 e. The monoisotopic (exact) mass is 273 g/mol. The number of carbonyl (C=O) groups is 1. The van der Waals surface area contributed by atoms with Gasteiger partial charge in [0.25, 0.3) is 0 Å². The number of aliphatic carboxylic acids is 1. The first kappa shape index (κ1) is 13.1. The smallest absolute Gasteiger partial charge is 0.322 e. The van der Waals surface area contributed by atoms with E-state index in [-0.39, 0.29) is 0 Å². The molecule has 0 bridgehead atoms. The lowest BCUT2D eigenvalue weighted by atomic mass is 10.1. The molecule has 1 aliphatic rings. The normalized spacial score (nSPS) is 16.5. The van der Waals surface area contributed by atoms with Crippen LogP contribution in [0.2, 0.25) is 0 Å². The molecule has 1 atom stereocenters. The summed E-state index contributed by atoms with van der Waals surface area (Å²) in [5.74, 6) is -0.803. The third-order valence-electron chi connectivity index (χ3n) is 3.93. The largest absolute Gasteiger partial charge is 0.480 e. The van der Waals surface area contributed by atoms with Gasteiger partial charge in [0, 0.05) is 6.04 Å². The zero-order valence-corrected chi connectivity index (χ0v) is 11.8. The van der Waals surface area contributed by atoms with Gasteiger partial charge in [-0.3, -0.25) is 4.79 Å². The molecule has 3 rings (SSSR count). The minimum atomic E-state index is -0.803. The molecule has 1 aromatic carbocycles. The summed E-state index contributed by atoms with van der Waals surface area (Å²) in [4.78, 5) is 15.7. The molecule has 106 valence electrons. The van der Waals surface area contributed by atoms with Crippen LogP contribution in [0.15, 0.2) is 18.5 Å². The van der Waals surface area contributed by atoms with Crippen LogP contribution in [-0.4, -0.2) is 32.7 Å². The summed E-state index contributed by atoms with van der Waals surface area (Å²) in [5.41, 5.74) is 4.32. The Balaban J connectivity index is 1.88. The SMILES string of the molecule is Cc1cc2ncn(CC(NC3CC3)C(=O)O)c2cc1C. The molecule has 0 amide bonds. The number of hydrogen-bond acceptors (Lipinski definition) is 3. The maximum absolute atomic E-state index is 11.3. The standard InChI is InChI=1S/C15H19N3O2/c1-9-5-12-14(6-10(9)2)18(8-16-12)7-13(15(19)20)17-11-3-4-11/h5-6,8,11,13,17H,3-4,7H2,1-2H3,(H,19,20). The van der Waals surface area contributed by atoms with Crippen LogP contribution >= 0.6 is 0 Å². The highest BCUT2D eigenvalue weighted by Gasteiger charge is 2.28. The molecular formula is C15H19N3O2. The maximum atomic E-state index is 11.3. The van der Waals surface area contributed by atoms with E-state index in [4.69, 9.17) is 0 Å². The van der Waals surface area contributed by atoms with Crippen LogP contribution < -0.4 is 5.32 Å². The van der Waals surface area contributed by atoms with Crippen LogP contribution in [0.4, 0.5) is 0 Å². The first-order valence-corrected chi connectivity index (χ1v) is 6.95. The average Bonchev–Trinajstić information content (AvgIpc) is 3.13. The Morgan fingerprint density at radius 3 is 2.80 bits per heavy atom. The van der Waals surface area contributed by atoms with Gasteiger partial charge in [-0.05, 0) is 49.9 Å². The Labute approximate surface area is 117 Å². The summed E-state index contributed by atoms with van der Waals surface area (Å²) in [5, 5.41) is 12.5. The lowest BCUT2D eigenvalue weighted by Gasteiger charge is -2.15. The second-order valence-corrected chi connectivity index (χ2v) is 5.65. The average molecular weight is 273 g/mol. The summed E-state index contributed by atoms with van der Waals surface area (Å²) in [6.07, 6.45) is 3.88. The van der Waals surface area contributed by atoms with Crippen LogP contribution in [0.1, 0.15) is 24.0 Å². The minimum absolute atomic E-state index is 0.370. The molecule has 1 saturated carbocycles. The number of nitrogens with zero attached hydrogens (tertiary/aromatic N) is 2. The Hall–Kier alpha value is -1.88. The van der Waals surface area contributed by atoms with Gasteiger partial charge in [-0.15, -0.1) is 0 Å². The number of carboxylic acid groups (broad SMARTS) is 1. The number of carboxylic acids is 1. The maximum Gasteiger partial charge on any atom is 0.322 e. The third-order valence-corrected chi connectivity index (χ3v) is 3.93. The van der Waals surface area contributed by atoms with Crippen molar-refractivity contribution in [3.05, 3.63) is 29.6 Å². The van der Waals surface area contributed by atoms with Crippen molar-refractivity contribution in [2.24, 2.45) is 0 Å². The van der Waals surface area contributed by atoms with Crippen LogP contribution in [0.25, 0.3) is 11.0 Å². The highest BCUT2D eigenvalue weighted by atomic mass is 16.4. The van der Waals surface area contributed by atoms with Crippen LogP contribution in [0, 0.1) is 13.8 Å². The molecule has 1 aromatic heterocycles. The lowest BCUT2D eigenvalue weighted by molar-refractivity contribution is -0.139. The van der Waals surface area contributed by atoms with E-state index in [1.165, 1.54) is 11.1 Å². The van der Waals surface area contributed by atoms with Crippen molar-refractivity contribution >= 4 is 17.0 Å². The molecule has 2 aromatic rings. The molecule has 1 heterocycles. The molecule has 2 N–H and O–H groups in total. The number of aromatic nitrogens is 2. The first-order valence-electron chi connectivity index (χ1n) is 6.95. The van der Waals surface area contributed by atoms with E-state index in [0.717, 1.165) is 23.9 Å². The van der Waals surface area contributed by atoms with Gasteiger partial charge in [0.2, 0.25) is 0 Å². The number of rotatable bonds is 5. The molecule has 1 unspecified atom stereocenters. The number of imidazole rings is 1. The van der Waals surface area contributed by atoms with E-state index in [0.29, 0.717) is 12.6 Å². The predicted octanol–water partition coefficient (Wildman–Crippen LogP) is 1.86. The van der Waals surface area contributed by atoms with Gasteiger partial charge in [0.05, 0.1) is 23.9 Å². The molecule has 5 nitrogen and oxygen atoms in total. The van der Waals surface area contributed by atoms with E-state index >= 15 is 0 Å². The van der Waals surface area contributed by atoms with Gasteiger partial charge in [0.1, 0.15) is 6.04 Å². The topological polar surface area (TPSA) is 67.2 Å². The fourth-order valence-corrected chi connectivity index (χ4v) is 2.39. The number of benzene rings is 1. The van der Waals surface area contributed by atoms with Crippen molar-refractivity contribution < 1.29 is 9.90 Å². The molecule has 1 fully saturated rings. The number of hydrogen-bond donors (Lipinski definition) is 2. The Morgan fingerprint density at radius 2 is 2.15 bits per heavy atom. The van der Waals surface area contributed by atoms with E-state index in [2.05, 4.69) is 30.2 Å². The van der Waals surface area contributed by atoms with Crippen molar-refractivity contribution in [2.75, 3.05) is 0 Å². The predicted molar refractivity (Wildman–Crippen MR) is 76.8 cm³/mol. The van der Waals surface area contributed by atoms with Gasteiger partial charge in [-0.25, -0.2) is 4.98 Å². The summed E-state index contributed by atoms with van der Waals surface area (Å²) in [6.45, 7) is 4.52.